The Bertz CT molecular complexity index is 1620. The van der Waals surface area contributed by atoms with Crippen LogP contribution in [0.15, 0.2) is 60.8 Å². The van der Waals surface area contributed by atoms with E-state index in [0.717, 1.165) is 46.6 Å². The van der Waals surface area contributed by atoms with Gasteiger partial charge in [-0.3, -0.25) is 14.4 Å². The Morgan fingerprint density at radius 1 is 0.814 bits per heavy atom. The number of aryl methyl sites for hydroxylation is 3. The fourth-order valence-corrected chi connectivity index (χ4v) is 5.20. The molecule has 0 unspecified atom stereocenters. The van der Waals surface area contributed by atoms with Crippen LogP contribution in [-0.2, 0) is 16.1 Å². The number of benzene rings is 3. The van der Waals surface area contributed by atoms with E-state index in [-0.39, 0.29) is 25.2 Å². The average Bonchev–Trinajstić information content (AvgIpc) is 3.32. The topological polar surface area (TPSA) is 115 Å². The van der Waals surface area contributed by atoms with Crippen molar-refractivity contribution in [1.82, 2.24) is 4.57 Å². The molecule has 1 aromatic heterocycles. The predicted molar refractivity (Wildman–Crippen MR) is 167 cm³/mol. The molecule has 224 valence electrons. The van der Waals surface area contributed by atoms with Crippen LogP contribution < -0.4 is 9.47 Å². The Hall–Kier alpha value is -4.85. The van der Waals surface area contributed by atoms with Crippen LogP contribution in [0.25, 0.3) is 23.1 Å². The van der Waals surface area contributed by atoms with Crippen molar-refractivity contribution in [3.05, 3.63) is 94.2 Å². The number of unbranched alkanes of at least 4 members (excludes halogenated alkanes) is 1. The second-order valence-corrected chi connectivity index (χ2v) is 10.7. The summed E-state index contributed by atoms with van der Waals surface area (Å²) >= 11 is 0. The first-order chi connectivity index (χ1) is 20.6. The number of carboxylic acids is 2. The highest BCUT2D eigenvalue weighted by Gasteiger charge is 2.18. The maximum atomic E-state index is 12.7. The molecule has 8 heteroatoms. The monoisotopic (exact) mass is 583 g/mol. The molecule has 43 heavy (non-hydrogen) atoms. The number of carbonyl (C=O) groups is 3. The number of para-hydroxylation sites is 1. The molecule has 0 saturated heterocycles. The zero-order valence-corrected chi connectivity index (χ0v) is 24.8. The van der Waals surface area contributed by atoms with Gasteiger partial charge in [0.2, 0.25) is 0 Å². The standard InChI is InChI=1S/C35H37NO7/c1-23-19-24(2)35(25(3)20-23)43-18-5-4-17-42-28-13-10-26(11-14-28)9-12-27-7-6-8-29-30(31(37)15-16-32(38)39)21-36(34(27)29)22-33(40)41/h6-14,19-21H,4-5,15-18,22H2,1-3H3,(H,38,39)(H,40,41). The molecule has 4 aromatic rings. The lowest BCUT2D eigenvalue weighted by Crippen LogP contribution is -2.08. The smallest absolute Gasteiger partial charge is 0.323 e. The zero-order valence-electron chi connectivity index (χ0n) is 24.8. The van der Waals surface area contributed by atoms with E-state index in [9.17, 15) is 19.5 Å². The molecule has 0 aliphatic carbocycles. The molecule has 0 saturated carbocycles. The number of carboxylic acid groups (broad SMARTS) is 2. The fourth-order valence-electron chi connectivity index (χ4n) is 5.20. The molecule has 4 rings (SSSR count). The van der Waals surface area contributed by atoms with Gasteiger partial charge in [0.1, 0.15) is 18.0 Å². The predicted octanol–water partition coefficient (Wildman–Crippen LogP) is 7.11. The van der Waals surface area contributed by atoms with E-state index < -0.39 is 11.9 Å². The third-order valence-corrected chi connectivity index (χ3v) is 7.10. The van der Waals surface area contributed by atoms with Crippen LogP contribution in [0.2, 0.25) is 0 Å². The van der Waals surface area contributed by atoms with Crippen molar-refractivity contribution < 1.29 is 34.1 Å². The Kier molecular flexibility index (Phi) is 10.4. The van der Waals surface area contributed by atoms with Crippen LogP contribution in [0.1, 0.15) is 63.9 Å². The number of carbonyl (C=O) groups excluding carboxylic acids is 1. The Labute approximate surface area is 251 Å². The Morgan fingerprint density at radius 3 is 2.14 bits per heavy atom. The minimum atomic E-state index is -1.06. The van der Waals surface area contributed by atoms with Crippen molar-refractivity contribution in [2.24, 2.45) is 0 Å². The minimum Gasteiger partial charge on any atom is -0.494 e. The third-order valence-electron chi connectivity index (χ3n) is 7.10. The van der Waals surface area contributed by atoms with E-state index in [4.69, 9.17) is 14.6 Å². The Morgan fingerprint density at radius 2 is 1.49 bits per heavy atom. The van der Waals surface area contributed by atoms with Gasteiger partial charge in [0.15, 0.2) is 5.78 Å². The van der Waals surface area contributed by atoms with E-state index in [1.807, 2.05) is 42.5 Å². The highest BCUT2D eigenvalue weighted by atomic mass is 16.5. The number of Topliss-reactive ketones (excluding diaryl/α,β-unsaturated/α-hetero) is 1. The summed E-state index contributed by atoms with van der Waals surface area (Å²) in [4.78, 5) is 35.2. The van der Waals surface area contributed by atoms with Crippen LogP contribution in [0.5, 0.6) is 11.5 Å². The Balaban J connectivity index is 1.36. The average molecular weight is 584 g/mol. The molecule has 0 bridgehead atoms. The van der Waals surface area contributed by atoms with Gasteiger partial charge in [-0.05, 0) is 68.0 Å². The van der Waals surface area contributed by atoms with Crippen molar-refractivity contribution in [3.63, 3.8) is 0 Å². The molecule has 0 spiro atoms. The molecule has 0 atom stereocenters. The summed E-state index contributed by atoms with van der Waals surface area (Å²) in [5.41, 5.74) is 6.14. The first-order valence-corrected chi connectivity index (χ1v) is 14.3. The second kappa shape index (κ2) is 14.4. The molecule has 0 radical (unpaired) electrons. The van der Waals surface area contributed by atoms with Gasteiger partial charge in [0.25, 0.3) is 0 Å². The first kappa shape index (κ1) is 31.1. The number of rotatable bonds is 15. The molecule has 2 N–H and O–H groups in total. The van der Waals surface area contributed by atoms with E-state index in [2.05, 4.69) is 32.9 Å². The molecule has 0 aliphatic rings. The molecule has 1 heterocycles. The van der Waals surface area contributed by atoms with Crippen LogP contribution in [-0.4, -0.2) is 45.7 Å². The van der Waals surface area contributed by atoms with Crippen LogP contribution in [0.3, 0.4) is 0 Å². The number of hydrogen-bond acceptors (Lipinski definition) is 5. The molecule has 0 aliphatic heterocycles. The number of ketones is 1. The number of aromatic nitrogens is 1. The largest absolute Gasteiger partial charge is 0.494 e. The highest BCUT2D eigenvalue weighted by molar-refractivity contribution is 6.10. The summed E-state index contributed by atoms with van der Waals surface area (Å²) < 4.78 is 13.4. The van der Waals surface area contributed by atoms with Gasteiger partial charge in [-0.1, -0.05) is 60.2 Å². The molecular weight excluding hydrogens is 546 g/mol. The summed E-state index contributed by atoms with van der Waals surface area (Å²) in [6, 6.07) is 17.4. The summed E-state index contributed by atoms with van der Waals surface area (Å²) in [7, 11) is 0. The fraction of sp³-hybridized carbons (Fsp3) is 0.286. The molecule has 0 fully saturated rings. The first-order valence-electron chi connectivity index (χ1n) is 14.3. The zero-order chi connectivity index (χ0) is 30.9. The van der Waals surface area contributed by atoms with E-state index >= 15 is 0 Å². The third kappa shape index (κ3) is 8.35. The van der Waals surface area contributed by atoms with Crippen LogP contribution >= 0.6 is 0 Å². The summed E-state index contributed by atoms with van der Waals surface area (Å²) in [5.74, 6) is -0.704. The number of fused-ring (bicyclic) bond motifs is 1. The van der Waals surface area contributed by atoms with E-state index in [1.165, 1.54) is 16.3 Å². The van der Waals surface area contributed by atoms with Crippen molar-refractivity contribution in [3.8, 4) is 11.5 Å². The number of ether oxygens (including phenoxy) is 2. The highest BCUT2D eigenvalue weighted by Crippen LogP contribution is 2.28. The van der Waals surface area contributed by atoms with E-state index in [1.54, 1.807) is 12.1 Å². The lowest BCUT2D eigenvalue weighted by atomic mass is 10.0. The number of aliphatic carboxylic acids is 2. The summed E-state index contributed by atoms with van der Waals surface area (Å²) in [6.07, 6.45) is 6.60. The van der Waals surface area contributed by atoms with Gasteiger partial charge in [0.05, 0.1) is 25.2 Å². The van der Waals surface area contributed by atoms with Gasteiger partial charge in [-0.15, -0.1) is 0 Å². The van der Waals surface area contributed by atoms with Gasteiger partial charge in [-0.25, -0.2) is 0 Å². The number of nitrogens with zero attached hydrogens (tertiary/aromatic N) is 1. The molecule has 3 aromatic carbocycles. The van der Waals surface area contributed by atoms with Crippen molar-refractivity contribution in [2.45, 2.75) is 53.0 Å². The van der Waals surface area contributed by atoms with Crippen molar-refractivity contribution in [1.29, 1.82) is 0 Å². The van der Waals surface area contributed by atoms with Gasteiger partial charge < -0.3 is 24.3 Å². The lowest BCUT2D eigenvalue weighted by molar-refractivity contribution is -0.138. The molecular formula is C35H37NO7. The SMILES string of the molecule is Cc1cc(C)c(OCCCCOc2ccc(C=Cc3cccc4c(C(=O)CCC(=O)O)cn(CC(=O)O)c34)cc2)c(C)c1. The van der Waals surface area contributed by atoms with Gasteiger partial charge in [-0.2, -0.15) is 0 Å². The van der Waals surface area contributed by atoms with Gasteiger partial charge >= 0.3 is 11.9 Å². The van der Waals surface area contributed by atoms with Crippen molar-refractivity contribution in [2.75, 3.05) is 13.2 Å². The maximum absolute atomic E-state index is 12.7. The van der Waals surface area contributed by atoms with Gasteiger partial charge in [0, 0.05) is 23.6 Å². The number of hydrogen-bond donors (Lipinski definition) is 2. The van der Waals surface area contributed by atoms with Crippen molar-refractivity contribution >= 4 is 40.8 Å². The molecule has 8 nitrogen and oxygen atoms in total. The van der Waals surface area contributed by atoms with Crippen LogP contribution in [0.4, 0.5) is 0 Å². The van der Waals surface area contributed by atoms with Crippen LogP contribution in [0, 0.1) is 20.8 Å². The quantitative estimate of drug-likeness (QED) is 0.0871. The maximum Gasteiger partial charge on any atom is 0.323 e. The van der Waals surface area contributed by atoms with E-state index in [0.29, 0.717) is 29.7 Å². The minimum absolute atomic E-state index is 0.156. The lowest BCUT2D eigenvalue weighted by Gasteiger charge is -2.13. The summed E-state index contributed by atoms with van der Waals surface area (Å²) in [5, 5.41) is 19.0. The second-order valence-electron chi connectivity index (χ2n) is 10.7. The molecule has 0 amide bonds. The summed E-state index contributed by atoms with van der Waals surface area (Å²) in [6.45, 7) is 7.12. The normalized spacial score (nSPS) is 11.2.